The molecule has 0 aromatic heterocycles. The number of rotatable bonds is 6. The number of hydrogen-bond donors (Lipinski definition) is 1. The van der Waals surface area contributed by atoms with Gasteiger partial charge in [0.05, 0.1) is 6.10 Å². The Balaban J connectivity index is 2.49. The highest BCUT2D eigenvalue weighted by Crippen LogP contribution is 2.23. The Morgan fingerprint density at radius 1 is 1.32 bits per heavy atom. The van der Waals surface area contributed by atoms with Crippen molar-refractivity contribution in [3.05, 3.63) is 0 Å². The number of halogens is 1. The highest BCUT2D eigenvalue weighted by atomic mass is 79.9. The molecule has 1 aliphatic heterocycles. The van der Waals surface area contributed by atoms with Crippen molar-refractivity contribution in [3.63, 3.8) is 0 Å². The smallest absolute Gasteiger partial charge is 0.410 e. The van der Waals surface area contributed by atoms with E-state index in [1.807, 2.05) is 20.8 Å². The second kappa shape index (κ2) is 8.87. The van der Waals surface area contributed by atoms with E-state index in [4.69, 9.17) is 4.74 Å². The fraction of sp³-hybridized carbons (Fsp3) is 0.875. The second-order valence-corrected chi connectivity index (χ2v) is 7.72. The Morgan fingerprint density at radius 2 is 2.00 bits per heavy atom. The summed E-state index contributed by atoms with van der Waals surface area (Å²) in [5.74, 6) is -0.0197. The van der Waals surface area contributed by atoms with Crippen LogP contribution in [0.4, 0.5) is 4.79 Å². The fourth-order valence-corrected chi connectivity index (χ4v) is 2.92. The molecule has 0 saturated carbocycles. The highest BCUT2D eigenvalue weighted by molar-refractivity contribution is 9.09. The van der Waals surface area contributed by atoms with Crippen LogP contribution in [-0.4, -0.2) is 52.0 Å². The minimum absolute atomic E-state index is 0.163. The van der Waals surface area contributed by atoms with Gasteiger partial charge in [0.15, 0.2) is 0 Å². The Labute approximate surface area is 141 Å². The number of ketones is 1. The van der Waals surface area contributed by atoms with E-state index in [1.165, 1.54) is 0 Å². The zero-order valence-electron chi connectivity index (χ0n) is 13.8. The molecule has 1 aliphatic rings. The van der Waals surface area contributed by atoms with Crippen LogP contribution >= 0.6 is 15.9 Å². The first-order valence-corrected chi connectivity index (χ1v) is 9.08. The molecular formula is C16H28BrNO4. The lowest BCUT2D eigenvalue weighted by molar-refractivity contribution is -0.122. The molecule has 0 aromatic carbocycles. The lowest BCUT2D eigenvalue weighted by atomic mass is 9.89. The van der Waals surface area contributed by atoms with Gasteiger partial charge in [-0.1, -0.05) is 15.9 Å². The van der Waals surface area contributed by atoms with Gasteiger partial charge in [-0.15, -0.1) is 0 Å². The molecule has 1 amide bonds. The van der Waals surface area contributed by atoms with Crippen molar-refractivity contribution in [3.8, 4) is 0 Å². The summed E-state index contributed by atoms with van der Waals surface area (Å²) in [5, 5.41) is 11.0. The van der Waals surface area contributed by atoms with Crippen LogP contribution in [0.15, 0.2) is 0 Å². The summed E-state index contributed by atoms with van der Waals surface area (Å²) in [4.78, 5) is 25.7. The van der Waals surface area contributed by atoms with E-state index in [0.29, 0.717) is 32.4 Å². The molecule has 1 rings (SSSR count). The van der Waals surface area contributed by atoms with Crippen molar-refractivity contribution < 1.29 is 19.4 Å². The summed E-state index contributed by atoms with van der Waals surface area (Å²) in [7, 11) is 0. The molecule has 128 valence electrons. The molecule has 1 N–H and O–H groups in total. The van der Waals surface area contributed by atoms with E-state index in [2.05, 4.69) is 15.9 Å². The number of likely N-dealkylation sites (tertiary alicyclic amines) is 1. The maximum atomic E-state index is 12.1. The summed E-state index contributed by atoms with van der Waals surface area (Å²) in [5.41, 5.74) is -0.534. The summed E-state index contributed by atoms with van der Waals surface area (Å²) >= 11 is 3.35. The van der Waals surface area contributed by atoms with Crippen LogP contribution in [0.1, 0.15) is 52.9 Å². The highest BCUT2D eigenvalue weighted by Gasteiger charge is 2.33. The molecule has 1 fully saturated rings. The van der Waals surface area contributed by atoms with Crippen LogP contribution in [0, 0.1) is 5.92 Å². The lowest BCUT2D eigenvalue weighted by Gasteiger charge is -2.36. The maximum absolute atomic E-state index is 12.1. The van der Waals surface area contributed by atoms with Gasteiger partial charge in [-0.2, -0.15) is 0 Å². The van der Waals surface area contributed by atoms with Crippen molar-refractivity contribution in [2.75, 3.05) is 18.4 Å². The number of nitrogens with zero attached hydrogens (tertiary/aromatic N) is 1. The predicted molar refractivity (Wildman–Crippen MR) is 89.2 cm³/mol. The molecule has 1 saturated heterocycles. The van der Waals surface area contributed by atoms with Gasteiger partial charge in [0.2, 0.25) is 0 Å². The van der Waals surface area contributed by atoms with Crippen LogP contribution in [0.5, 0.6) is 0 Å². The van der Waals surface area contributed by atoms with Gasteiger partial charge < -0.3 is 14.7 Å². The third kappa shape index (κ3) is 7.09. The summed E-state index contributed by atoms with van der Waals surface area (Å²) in [6.07, 6.45) is 2.34. The number of alkyl halides is 1. The van der Waals surface area contributed by atoms with Crippen molar-refractivity contribution in [1.82, 2.24) is 4.90 Å². The number of amides is 1. The Hall–Kier alpha value is -0.620. The molecule has 0 spiro atoms. The maximum Gasteiger partial charge on any atom is 0.410 e. The molecule has 0 aliphatic carbocycles. The standard InChI is InChI=1S/C16H28BrNO4/c1-16(2,3)22-15(21)18-9-7-14(20)12(11-18)10-13(19)6-4-5-8-17/h12,14,20H,4-11H2,1-3H3/t12-,14-/m0/s1. The molecule has 0 unspecified atom stereocenters. The van der Waals surface area contributed by atoms with Gasteiger partial charge in [0, 0.05) is 37.2 Å². The predicted octanol–water partition coefficient (Wildman–Crippen LogP) is 3.13. The fourth-order valence-electron chi connectivity index (χ4n) is 2.52. The second-order valence-electron chi connectivity index (χ2n) is 6.93. The first kappa shape index (κ1) is 19.4. The largest absolute Gasteiger partial charge is 0.444 e. The van der Waals surface area contributed by atoms with Gasteiger partial charge >= 0.3 is 6.09 Å². The van der Waals surface area contributed by atoms with E-state index < -0.39 is 11.7 Å². The normalized spacial score (nSPS) is 22.5. The average Bonchev–Trinajstić information content (AvgIpc) is 2.39. The first-order chi connectivity index (χ1) is 10.2. The van der Waals surface area contributed by atoms with Crippen LogP contribution in [-0.2, 0) is 9.53 Å². The van der Waals surface area contributed by atoms with Gasteiger partial charge in [0.1, 0.15) is 11.4 Å². The lowest BCUT2D eigenvalue weighted by Crippen LogP contribution is -2.48. The minimum atomic E-state index is -0.534. The Bertz CT molecular complexity index is 381. The van der Waals surface area contributed by atoms with Crippen LogP contribution in [0.3, 0.4) is 0 Å². The number of aliphatic hydroxyl groups excluding tert-OH is 1. The molecule has 6 heteroatoms. The van der Waals surface area contributed by atoms with E-state index in [0.717, 1.165) is 18.2 Å². The summed E-state index contributed by atoms with van der Waals surface area (Å²) in [6, 6.07) is 0. The number of Topliss-reactive ketones (excluding diaryl/α,β-unsaturated/α-hetero) is 1. The molecule has 0 radical (unpaired) electrons. The number of piperidine rings is 1. The third-order valence-electron chi connectivity index (χ3n) is 3.67. The Kier molecular flexibility index (Phi) is 7.83. The number of unbranched alkanes of at least 4 members (excludes halogenated alkanes) is 1. The van der Waals surface area contributed by atoms with E-state index >= 15 is 0 Å². The zero-order valence-corrected chi connectivity index (χ0v) is 15.4. The van der Waals surface area contributed by atoms with Crippen molar-refractivity contribution in [2.24, 2.45) is 5.92 Å². The first-order valence-electron chi connectivity index (χ1n) is 7.96. The molecular weight excluding hydrogens is 350 g/mol. The number of carbonyl (C=O) groups excluding carboxylic acids is 2. The van der Waals surface area contributed by atoms with Gasteiger partial charge in [-0.05, 0) is 40.0 Å². The SMILES string of the molecule is CC(C)(C)OC(=O)N1CC[C@H](O)[C@@H](CC(=O)CCCCBr)C1. The molecule has 0 bridgehead atoms. The van der Waals surface area contributed by atoms with Crippen molar-refractivity contribution in [2.45, 2.75) is 64.6 Å². The summed E-state index contributed by atoms with van der Waals surface area (Å²) in [6.45, 7) is 6.35. The number of aliphatic hydroxyl groups is 1. The zero-order chi connectivity index (χ0) is 16.8. The minimum Gasteiger partial charge on any atom is -0.444 e. The average molecular weight is 378 g/mol. The van der Waals surface area contributed by atoms with Crippen LogP contribution in [0.25, 0.3) is 0 Å². The molecule has 22 heavy (non-hydrogen) atoms. The van der Waals surface area contributed by atoms with Crippen LogP contribution < -0.4 is 0 Å². The van der Waals surface area contributed by atoms with Gasteiger partial charge in [-0.25, -0.2) is 4.79 Å². The topological polar surface area (TPSA) is 66.8 Å². The molecule has 0 aromatic rings. The molecule has 1 heterocycles. The number of carbonyl (C=O) groups is 2. The van der Waals surface area contributed by atoms with Crippen molar-refractivity contribution >= 4 is 27.8 Å². The van der Waals surface area contributed by atoms with Gasteiger partial charge in [-0.3, -0.25) is 4.79 Å². The van der Waals surface area contributed by atoms with Gasteiger partial charge in [0.25, 0.3) is 0 Å². The third-order valence-corrected chi connectivity index (χ3v) is 4.24. The number of ether oxygens (including phenoxy) is 1. The van der Waals surface area contributed by atoms with Crippen molar-refractivity contribution in [1.29, 1.82) is 0 Å². The Morgan fingerprint density at radius 3 is 2.59 bits per heavy atom. The molecule has 2 atom stereocenters. The van der Waals surface area contributed by atoms with Crippen LogP contribution in [0.2, 0.25) is 0 Å². The van der Waals surface area contributed by atoms with E-state index in [9.17, 15) is 14.7 Å². The summed E-state index contributed by atoms with van der Waals surface area (Å²) < 4.78 is 5.36. The van der Waals surface area contributed by atoms with E-state index in [1.54, 1.807) is 4.90 Å². The molecule has 5 nitrogen and oxygen atoms in total. The monoisotopic (exact) mass is 377 g/mol. The van der Waals surface area contributed by atoms with E-state index in [-0.39, 0.29) is 17.8 Å². The quantitative estimate of drug-likeness (QED) is 0.570. The number of hydrogen-bond acceptors (Lipinski definition) is 4.